The SMILES string of the molecule is Fc1ccc2c(N3CCNCC3)nccc2c1.O=C(O)C(F)(F)F. The lowest BCUT2D eigenvalue weighted by atomic mass is 10.1. The third kappa shape index (κ3) is 4.54. The molecule has 0 atom stereocenters. The van der Waals surface area contributed by atoms with Gasteiger partial charge in [0.1, 0.15) is 11.6 Å². The second-order valence-electron chi connectivity index (χ2n) is 5.04. The van der Waals surface area contributed by atoms with Crippen molar-refractivity contribution in [3.8, 4) is 0 Å². The number of nitrogens with one attached hydrogen (secondary N) is 1. The van der Waals surface area contributed by atoms with Crippen molar-refractivity contribution >= 4 is 22.6 Å². The minimum absolute atomic E-state index is 0.199. The molecule has 0 spiro atoms. The van der Waals surface area contributed by atoms with Gasteiger partial charge in [-0.05, 0) is 29.7 Å². The van der Waals surface area contributed by atoms with Crippen LogP contribution in [-0.4, -0.2) is 48.4 Å². The van der Waals surface area contributed by atoms with Crippen molar-refractivity contribution in [1.82, 2.24) is 10.3 Å². The first kappa shape index (κ1) is 17.9. The van der Waals surface area contributed by atoms with Crippen LogP contribution in [0.2, 0.25) is 0 Å². The Hall–Kier alpha value is -2.42. The van der Waals surface area contributed by atoms with Crippen LogP contribution in [0.3, 0.4) is 0 Å². The van der Waals surface area contributed by atoms with Crippen LogP contribution in [0.25, 0.3) is 10.8 Å². The Morgan fingerprint density at radius 2 is 1.83 bits per heavy atom. The first-order valence-electron chi connectivity index (χ1n) is 7.09. The molecule has 2 aromatic rings. The van der Waals surface area contributed by atoms with Crippen molar-refractivity contribution in [1.29, 1.82) is 0 Å². The van der Waals surface area contributed by atoms with E-state index in [2.05, 4.69) is 15.2 Å². The van der Waals surface area contributed by atoms with Gasteiger partial charge in [-0.3, -0.25) is 0 Å². The molecule has 0 saturated carbocycles. The normalized spacial score (nSPS) is 14.9. The van der Waals surface area contributed by atoms with Gasteiger partial charge in [-0.2, -0.15) is 13.2 Å². The number of aromatic nitrogens is 1. The Kier molecular flexibility index (Phi) is 5.55. The second-order valence-corrected chi connectivity index (χ2v) is 5.04. The van der Waals surface area contributed by atoms with E-state index in [1.54, 1.807) is 12.3 Å². The van der Waals surface area contributed by atoms with E-state index >= 15 is 0 Å². The van der Waals surface area contributed by atoms with Crippen molar-refractivity contribution < 1.29 is 27.5 Å². The fraction of sp³-hybridized carbons (Fsp3) is 0.333. The molecule has 0 radical (unpaired) electrons. The molecule has 0 amide bonds. The minimum atomic E-state index is -5.08. The molecule has 1 fully saturated rings. The van der Waals surface area contributed by atoms with E-state index in [0.717, 1.165) is 42.8 Å². The van der Waals surface area contributed by atoms with Crippen LogP contribution in [0.15, 0.2) is 30.5 Å². The minimum Gasteiger partial charge on any atom is -0.475 e. The molecule has 1 aliphatic rings. The van der Waals surface area contributed by atoms with Gasteiger partial charge in [0.15, 0.2) is 0 Å². The molecule has 0 unspecified atom stereocenters. The largest absolute Gasteiger partial charge is 0.490 e. The third-order valence-electron chi connectivity index (χ3n) is 3.36. The monoisotopic (exact) mass is 345 g/mol. The Morgan fingerprint density at radius 1 is 1.21 bits per heavy atom. The van der Waals surface area contributed by atoms with E-state index in [1.165, 1.54) is 6.07 Å². The zero-order chi connectivity index (χ0) is 17.7. The Balaban J connectivity index is 0.000000256. The summed E-state index contributed by atoms with van der Waals surface area (Å²) in [5.74, 6) is -1.99. The number of pyridine rings is 1. The molecule has 1 saturated heterocycles. The van der Waals surface area contributed by atoms with E-state index in [-0.39, 0.29) is 5.82 Å². The number of rotatable bonds is 1. The summed E-state index contributed by atoms with van der Waals surface area (Å²) in [5, 5.41) is 12.4. The number of halogens is 4. The lowest BCUT2D eigenvalue weighted by molar-refractivity contribution is -0.192. The summed E-state index contributed by atoms with van der Waals surface area (Å²) in [6.07, 6.45) is -3.33. The topological polar surface area (TPSA) is 65.5 Å². The Bertz CT molecular complexity index is 715. The van der Waals surface area contributed by atoms with Crippen molar-refractivity contribution in [2.45, 2.75) is 6.18 Å². The Morgan fingerprint density at radius 3 is 2.42 bits per heavy atom. The van der Waals surface area contributed by atoms with Crippen molar-refractivity contribution in [3.63, 3.8) is 0 Å². The van der Waals surface area contributed by atoms with Crippen LogP contribution >= 0.6 is 0 Å². The first-order valence-corrected chi connectivity index (χ1v) is 7.09. The summed E-state index contributed by atoms with van der Waals surface area (Å²) in [6, 6.07) is 6.72. The highest BCUT2D eigenvalue weighted by molar-refractivity contribution is 5.92. The standard InChI is InChI=1S/C13H14FN3.C2HF3O2/c14-11-1-2-12-10(9-11)3-4-16-13(12)17-7-5-15-6-8-17;3-2(4,5)1(6)7/h1-4,9,15H,5-8H2;(H,6,7). The van der Waals surface area contributed by atoms with E-state index < -0.39 is 12.1 Å². The van der Waals surface area contributed by atoms with Crippen LogP contribution in [0.5, 0.6) is 0 Å². The second kappa shape index (κ2) is 7.43. The van der Waals surface area contributed by atoms with Crippen LogP contribution in [0.1, 0.15) is 0 Å². The van der Waals surface area contributed by atoms with Crippen molar-refractivity contribution in [2.75, 3.05) is 31.1 Å². The lowest BCUT2D eigenvalue weighted by Crippen LogP contribution is -2.43. The number of aliphatic carboxylic acids is 1. The quantitative estimate of drug-likeness (QED) is 0.777. The molecule has 1 aromatic carbocycles. The van der Waals surface area contributed by atoms with Crippen LogP contribution in [0, 0.1) is 5.82 Å². The number of alkyl halides is 3. The maximum Gasteiger partial charge on any atom is 0.490 e. The summed E-state index contributed by atoms with van der Waals surface area (Å²) in [6.45, 7) is 3.84. The van der Waals surface area contributed by atoms with Crippen LogP contribution < -0.4 is 10.2 Å². The number of fused-ring (bicyclic) bond motifs is 1. The summed E-state index contributed by atoms with van der Waals surface area (Å²) >= 11 is 0. The Labute approximate surface area is 134 Å². The van der Waals surface area contributed by atoms with Gasteiger partial charge in [0, 0.05) is 37.8 Å². The molecular formula is C15H15F4N3O2. The highest BCUT2D eigenvalue weighted by atomic mass is 19.4. The van der Waals surface area contributed by atoms with Crippen LogP contribution in [-0.2, 0) is 4.79 Å². The molecule has 1 aromatic heterocycles. The fourth-order valence-corrected chi connectivity index (χ4v) is 2.26. The van der Waals surface area contributed by atoms with Gasteiger partial charge < -0.3 is 15.3 Å². The average molecular weight is 345 g/mol. The number of benzene rings is 1. The van der Waals surface area contributed by atoms with E-state index in [9.17, 15) is 17.6 Å². The molecule has 5 nitrogen and oxygen atoms in total. The van der Waals surface area contributed by atoms with E-state index in [0.29, 0.717) is 0 Å². The number of anilines is 1. The van der Waals surface area contributed by atoms with E-state index in [1.807, 2.05) is 12.1 Å². The smallest absolute Gasteiger partial charge is 0.475 e. The first-order chi connectivity index (χ1) is 11.3. The summed E-state index contributed by atoms with van der Waals surface area (Å²) in [4.78, 5) is 15.6. The van der Waals surface area contributed by atoms with Gasteiger partial charge in [-0.1, -0.05) is 0 Å². The van der Waals surface area contributed by atoms with Gasteiger partial charge in [0.25, 0.3) is 0 Å². The fourth-order valence-electron chi connectivity index (χ4n) is 2.26. The maximum absolute atomic E-state index is 13.2. The van der Waals surface area contributed by atoms with E-state index in [4.69, 9.17) is 9.90 Å². The summed E-state index contributed by atoms with van der Waals surface area (Å²) < 4.78 is 44.9. The van der Waals surface area contributed by atoms with Gasteiger partial charge in [-0.15, -0.1) is 0 Å². The van der Waals surface area contributed by atoms with Crippen LogP contribution in [0.4, 0.5) is 23.4 Å². The molecular weight excluding hydrogens is 330 g/mol. The molecule has 9 heteroatoms. The molecule has 2 heterocycles. The van der Waals surface area contributed by atoms with Gasteiger partial charge in [0.05, 0.1) is 0 Å². The molecule has 130 valence electrons. The zero-order valence-corrected chi connectivity index (χ0v) is 12.5. The molecule has 0 bridgehead atoms. The highest BCUT2D eigenvalue weighted by Gasteiger charge is 2.38. The predicted molar refractivity (Wildman–Crippen MR) is 80.5 cm³/mol. The highest BCUT2D eigenvalue weighted by Crippen LogP contribution is 2.25. The summed E-state index contributed by atoms with van der Waals surface area (Å²) in [7, 11) is 0. The number of carboxylic acid groups (broad SMARTS) is 1. The lowest BCUT2D eigenvalue weighted by Gasteiger charge is -2.29. The van der Waals surface area contributed by atoms with Gasteiger partial charge in [-0.25, -0.2) is 14.2 Å². The van der Waals surface area contributed by atoms with Gasteiger partial charge in [0.2, 0.25) is 0 Å². The number of nitrogens with zero attached hydrogens (tertiary/aromatic N) is 2. The predicted octanol–water partition coefficient (Wildman–Crippen LogP) is 2.42. The maximum atomic E-state index is 13.2. The molecule has 24 heavy (non-hydrogen) atoms. The molecule has 2 N–H and O–H groups in total. The van der Waals surface area contributed by atoms with Crippen molar-refractivity contribution in [2.24, 2.45) is 0 Å². The number of carboxylic acids is 1. The number of piperazine rings is 1. The molecule has 0 aliphatic carbocycles. The zero-order valence-electron chi connectivity index (χ0n) is 12.5. The van der Waals surface area contributed by atoms with Gasteiger partial charge >= 0.3 is 12.1 Å². The molecule has 3 rings (SSSR count). The summed E-state index contributed by atoms with van der Waals surface area (Å²) in [5.41, 5.74) is 0. The number of hydrogen-bond donors (Lipinski definition) is 2. The third-order valence-corrected chi connectivity index (χ3v) is 3.36. The number of hydrogen-bond acceptors (Lipinski definition) is 4. The molecule has 1 aliphatic heterocycles. The average Bonchev–Trinajstić information content (AvgIpc) is 2.54. The van der Waals surface area contributed by atoms with Crippen molar-refractivity contribution in [3.05, 3.63) is 36.3 Å². The number of carbonyl (C=O) groups is 1.